The Balaban J connectivity index is 1.26. The second kappa shape index (κ2) is 11.9. The Morgan fingerprint density at radius 2 is 1.80 bits per heavy atom. The molecule has 0 bridgehead atoms. The van der Waals surface area contributed by atoms with Gasteiger partial charge in [-0.25, -0.2) is 9.18 Å². The van der Waals surface area contributed by atoms with Crippen LogP contribution in [-0.4, -0.2) is 48.3 Å². The van der Waals surface area contributed by atoms with E-state index in [1.807, 2.05) is 0 Å². The van der Waals surface area contributed by atoms with Crippen LogP contribution in [0.25, 0.3) is 16.7 Å². The smallest absolute Gasteiger partial charge is 0.333 e. The summed E-state index contributed by atoms with van der Waals surface area (Å²) in [6.07, 6.45) is 5.19. The molecular formula is C33H26BrClFN5O4. The van der Waals surface area contributed by atoms with Gasteiger partial charge in [-0.2, -0.15) is 0 Å². The number of ketones is 1. The van der Waals surface area contributed by atoms with Crippen molar-refractivity contribution in [3.63, 3.8) is 0 Å². The molecule has 228 valence electrons. The summed E-state index contributed by atoms with van der Waals surface area (Å²) in [6.45, 7) is 0.506. The van der Waals surface area contributed by atoms with Crippen LogP contribution >= 0.6 is 27.5 Å². The van der Waals surface area contributed by atoms with Gasteiger partial charge in [0.15, 0.2) is 5.78 Å². The molecule has 45 heavy (non-hydrogen) atoms. The number of hydrogen-bond donors (Lipinski definition) is 0. The lowest BCUT2D eigenvalue weighted by Gasteiger charge is -2.28. The minimum atomic E-state index is -0.483. The Morgan fingerprint density at radius 3 is 2.56 bits per heavy atom. The predicted octanol–water partition coefficient (Wildman–Crippen LogP) is 6.15. The maximum Gasteiger partial charge on any atom is 0.333 e. The number of aromatic nitrogens is 4. The average Bonchev–Trinajstić information content (AvgIpc) is 3.82. The molecule has 1 aliphatic heterocycles. The fraction of sp³-hybridized carbons (Fsp3) is 0.242. The van der Waals surface area contributed by atoms with Crippen LogP contribution in [0, 0.1) is 5.82 Å². The van der Waals surface area contributed by atoms with E-state index in [1.54, 1.807) is 58.0 Å². The van der Waals surface area contributed by atoms with Gasteiger partial charge in [-0.3, -0.25) is 28.7 Å². The molecule has 1 amide bonds. The van der Waals surface area contributed by atoms with Gasteiger partial charge in [0.25, 0.3) is 5.91 Å². The third-order valence-corrected chi connectivity index (χ3v) is 9.34. The lowest BCUT2D eigenvalue weighted by atomic mass is 10.0. The van der Waals surface area contributed by atoms with Gasteiger partial charge in [-0.1, -0.05) is 11.6 Å². The van der Waals surface area contributed by atoms with Crippen molar-refractivity contribution in [3.8, 4) is 11.4 Å². The summed E-state index contributed by atoms with van der Waals surface area (Å²) in [4.78, 5) is 51.7. The first-order valence-electron chi connectivity index (χ1n) is 14.6. The SMILES string of the molecule is O=C(CCc1c(F)ccc2nccnc12)c1c2n(c(=O)n1-c1ccc(OC3CC3)cc1)CCN(C(=O)c1ccc(Br)c(Cl)c1)C2. The standard InChI is InChI=1S/C33H26BrClFN5O4/c34-24-9-1-19(17-25(24)35)32(43)39-15-16-40-28(18-39)31(41(33(40)44)20-2-4-21(5-3-20)45-22-6-7-22)29(42)12-8-23-26(36)10-11-27-30(23)38-14-13-37-27/h1-5,9-11,13-14,17,22H,6-8,12,15-16,18H2. The van der Waals surface area contributed by atoms with Crippen molar-refractivity contribution in [2.24, 2.45) is 0 Å². The number of amides is 1. The second-order valence-electron chi connectivity index (χ2n) is 11.1. The number of benzene rings is 3. The summed E-state index contributed by atoms with van der Waals surface area (Å²) in [5, 5.41) is 0.399. The van der Waals surface area contributed by atoms with Gasteiger partial charge in [-0.15, -0.1) is 0 Å². The van der Waals surface area contributed by atoms with Gasteiger partial charge in [0.1, 0.15) is 17.3 Å². The molecule has 3 heterocycles. The highest BCUT2D eigenvalue weighted by atomic mass is 79.9. The van der Waals surface area contributed by atoms with Crippen LogP contribution < -0.4 is 10.4 Å². The van der Waals surface area contributed by atoms with E-state index >= 15 is 0 Å². The summed E-state index contributed by atoms with van der Waals surface area (Å²) in [5.41, 5.74) is 2.27. The first-order valence-corrected chi connectivity index (χ1v) is 15.7. The first-order chi connectivity index (χ1) is 21.8. The van der Waals surface area contributed by atoms with E-state index in [2.05, 4.69) is 25.9 Å². The van der Waals surface area contributed by atoms with E-state index in [4.69, 9.17) is 16.3 Å². The molecule has 0 radical (unpaired) electrons. The second-order valence-corrected chi connectivity index (χ2v) is 12.4. The first kappa shape index (κ1) is 29.4. The summed E-state index contributed by atoms with van der Waals surface area (Å²) in [7, 11) is 0. The number of carbonyl (C=O) groups excluding carboxylic acids is 2. The van der Waals surface area contributed by atoms with Crippen molar-refractivity contribution in [1.82, 2.24) is 24.0 Å². The molecule has 1 aliphatic carbocycles. The molecule has 3 aromatic carbocycles. The Hall–Kier alpha value is -4.35. The van der Waals surface area contributed by atoms with Crippen molar-refractivity contribution in [2.45, 2.75) is 44.9 Å². The normalized spacial score (nSPS) is 14.4. The van der Waals surface area contributed by atoms with E-state index in [0.717, 1.165) is 12.8 Å². The van der Waals surface area contributed by atoms with Gasteiger partial charge < -0.3 is 9.64 Å². The van der Waals surface area contributed by atoms with Gasteiger partial charge in [0.2, 0.25) is 0 Å². The van der Waals surface area contributed by atoms with Gasteiger partial charge in [0.05, 0.1) is 40.1 Å². The largest absolute Gasteiger partial charge is 0.490 e. The number of hydrogen-bond acceptors (Lipinski definition) is 6. The minimum Gasteiger partial charge on any atom is -0.490 e. The summed E-state index contributed by atoms with van der Waals surface area (Å²) in [6, 6.07) is 14.9. The van der Waals surface area contributed by atoms with E-state index < -0.39 is 5.82 Å². The van der Waals surface area contributed by atoms with Crippen LogP contribution in [0.1, 0.15) is 51.4 Å². The molecule has 0 saturated heterocycles. The lowest BCUT2D eigenvalue weighted by molar-refractivity contribution is 0.0707. The third kappa shape index (κ3) is 5.66. The van der Waals surface area contributed by atoms with Crippen molar-refractivity contribution >= 4 is 50.3 Å². The molecular weight excluding hydrogens is 665 g/mol. The predicted molar refractivity (Wildman–Crippen MR) is 170 cm³/mol. The summed E-state index contributed by atoms with van der Waals surface area (Å²) < 4.78 is 24.5. The zero-order valence-electron chi connectivity index (χ0n) is 23.9. The quantitative estimate of drug-likeness (QED) is 0.181. The summed E-state index contributed by atoms with van der Waals surface area (Å²) in [5.74, 6) is -0.431. The van der Waals surface area contributed by atoms with Crippen LogP contribution in [-0.2, 0) is 19.5 Å². The summed E-state index contributed by atoms with van der Waals surface area (Å²) >= 11 is 9.61. The number of ether oxygens (including phenoxy) is 1. The monoisotopic (exact) mass is 689 g/mol. The molecule has 0 spiro atoms. The van der Waals surface area contributed by atoms with Crippen LogP contribution in [0.2, 0.25) is 5.02 Å². The molecule has 2 aromatic heterocycles. The van der Waals surface area contributed by atoms with Gasteiger partial charge in [0, 0.05) is 47.5 Å². The van der Waals surface area contributed by atoms with Gasteiger partial charge in [-0.05, 0) is 89.8 Å². The van der Waals surface area contributed by atoms with Crippen molar-refractivity contribution in [3.05, 3.63) is 115 Å². The molecule has 2 aliphatic rings. The van der Waals surface area contributed by atoms with Crippen LogP contribution in [0.5, 0.6) is 5.75 Å². The minimum absolute atomic E-state index is 0.0345. The maximum absolute atomic E-state index is 15.0. The zero-order chi connectivity index (χ0) is 31.2. The van der Waals surface area contributed by atoms with Crippen molar-refractivity contribution in [1.29, 1.82) is 0 Å². The van der Waals surface area contributed by atoms with Crippen LogP contribution in [0.15, 0.2) is 76.3 Å². The average molecular weight is 691 g/mol. The van der Waals surface area contributed by atoms with E-state index in [0.29, 0.717) is 43.2 Å². The molecule has 0 N–H and O–H groups in total. The van der Waals surface area contributed by atoms with E-state index in [9.17, 15) is 18.8 Å². The highest BCUT2D eigenvalue weighted by Gasteiger charge is 2.32. The molecule has 9 nitrogen and oxygen atoms in total. The fourth-order valence-corrected chi connectivity index (χ4v) is 6.11. The van der Waals surface area contributed by atoms with E-state index in [1.165, 1.54) is 23.0 Å². The van der Waals surface area contributed by atoms with Crippen LogP contribution in [0.3, 0.4) is 0 Å². The third-order valence-electron chi connectivity index (χ3n) is 8.11. The Kier molecular flexibility index (Phi) is 7.74. The number of Topliss-reactive ketones (excluding diaryl/α,β-unsaturated/α-hetero) is 1. The molecule has 12 heteroatoms. The maximum atomic E-state index is 15.0. The fourth-order valence-electron chi connectivity index (χ4n) is 5.69. The molecule has 1 fully saturated rings. The Labute approximate surface area is 270 Å². The molecule has 0 unspecified atom stereocenters. The van der Waals surface area contributed by atoms with Crippen LogP contribution in [0.4, 0.5) is 4.39 Å². The highest BCUT2D eigenvalue weighted by Crippen LogP contribution is 2.30. The van der Waals surface area contributed by atoms with Gasteiger partial charge >= 0.3 is 5.69 Å². The highest BCUT2D eigenvalue weighted by molar-refractivity contribution is 9.10. The molecule has 0 atom stereocenters. The topological polar surface area (TPSA) is 99.3 Å². The number of halogens is 3. The van der Waals surface area contributed by atoms with Crippen molar-refractivity contribution < 1.29 is 18.7 Å². The number of imidazole rings is 1. The molecule has 5 aromatic rings. The molecule has 7 rings (SSSR count). The number of nitrogens with zero attached hydrogens (tertiary/aromatic N) is 5. The number of aryl methyl sites for hydroxylation is 1. The number of rotatable bonds is 8. The Morgan fingerprint density at radius 1 is 1.02 bits per heavy atom. The number of fused-ring (bicyclic) bond motifs is 2. The lowest BCUT2D eigenvalue weighted by Crippen LogP contribution is -2.41. The van der Waals surface area contributed by atoms with E-state index in [-0.39, 0.29) is 67.2 Å². The Bertz CT molecular complexity index is 2040. The zero-order valence-corrected chi connectivity index (χ0v) is 26.2. The molecule has 1 saturated carbocycles. The number of carbonyl (C=O) groups is 2. The van der Waals surface area contributed by atoms with Crippen molar-refractivity contribution in [2.75, 3.05) is 6.54 Å².